The van der Waals surface area contributed by atoms with Gasteiger partial charge in [-0.05, 0) is 12.8 Å². The molecule has 0 bridgehead atoms. The molecule has 58 heavy (non-hydrogen) atoms. The summed E-state index contributed by atoms with van der Waals surface area (Å²) in [6, 6.07) is 0. The predicted molar refractivity (Wildman–Crippen MR) is 248 cm³/mol. The number of carbonyl (C=O) groups excluding carboxylic acids is 1. The maximum atomic E-state index is 12.7. The molecule has 0 radical (unpaired) electrons. The summed E-state index contributed by atoms with van der Waals surface area (Å²) in [6.07, 6.45) is 47.2. The van der Waals surface area contributed by atoms with E-state index in [-0.39, 0.29) is 25.8 Å². The van der Waals surface area contributed by atoms with E-state index in [1.165, 1.54) is 199 Å². The number of likely N-dealkylation sites (N-methyl/N-ethyl adjacent to an activating group) is 1. The minimum absolute atomic E-state index is 0.0940. The summed E-state index contributed by atoms with van der Waals surface area (Å²) in [6.45, 7) is 5.69. The third kappa shape index (κ3) is 46.6. The number of nitrogens with zero attached hydrogens (tertiary/aromatic N) is 1. The van der Waals surface area contributed by atoms with Gasteiger partial charge in [-0.15, -0.1) is 0 Å². The van der Waals surface area contributed by atoms with Crippen molar-refractivity contribution in [2.75, 3.05) is 54.1 Å². The summed E-state index contributed by atoms with van der Waals surface area (Å²) in [7, 11) is 1.69. The number of phosphoric ester groups is 1. The third-order valence-electron chi connectivity index (χ3n) is 11.4. The molecule has 0 aliphatic rings. The maximum absolute atomic E-state index is 12.7. The smallest absolute Gasteiger partial charge is 0.457 e. The van der Waals surface area contributed by atoms with E-state index in [0.717, 1.165) is 32.1 Å². The van der Waals surface area contributed by atoms with E-state index < -0.39 is 13.9 Å². The Hall–Kier alpha value is -0.500. The first kappa shape index (κ1) is 57.5. The summed E-state index contributed by atoms with van der Waals surface area (Å²) in [4.78, 5) is 22.9. The van der Waals surface area contributed by atoms with Gasteiger partial charge < -0.3 is 18.9 Å². The Morgan fingerprint density at radius 3 is 1.14 bits per heavy atom. The lowest BCUT2D eigenvalue weighted by Crippen LogP contribution is -2.37. The van der Waals surface area contributed by atoms with Crippen LogP contribution in [0.2, 0.25) is 0 Å². The fraction of sp³-hybridized carbons (Fsp3) is 0.980. The van der Waals surface area contributed by atoms with Crippen LogP contribution in [0.25, 0.3) is 0 Å². The highest BCUT2D eigenvalue weighted by Gasteiger charge is 2.26. The van der Waals surface area contributed by atoms with Crippen molar-refractivity contribution in [2.24, 2.45) is 0 Å². The maximum Gasteiger partial charge on any atom is 0.472 e. The van der Waals surface area contributed by atoms with Crippen molar-refractivity contribution in [3.8, 4) is 0 Å². The zero-order valence-electron chi connectivity index (χ0n) is 39.6. The Balaban J connectivity index is 4.01. The quantitative estimate of drug-likeness (QED) is 0.0282. The van der Waals surface area contributed by atoms with Crippen molar-refractivity contribution < 1.29 is 37.3 Å². The average molecular weight is 847 g/mol. The Kier molecular flexibility index (Phi) is 42.8. The van der Waals surface area contributed by atoms with E-state index in [9.17, 15) is 14.3 Å². The molecular weight excluding hydrogens is 746 g/mol. The lowest BCUT2D eigenvalue weighted by molar-refractivity contribution is -0.870. The summed E-state index contributed by atoms with van der Waals surface area (Å²) >= 11 is 0. The number of unbranched alkanes of at least 4 members (excludes halogenated alkanes) is 34. The van der Waals surface area contributed by atoms with E-state index in [4.69, 9.17) is 18.5 Å². The highest BCUT2D eigenvalue weighted by Crippen LogP contribution is 2.43. The van der Waals surface area contributed by atoms with E-state index in [1.54, 1.807) is 0 Å². The first-order valence-electron chi connectivity index (χ1n) is 25.3. The molecule has 0 saturated carbocycles. The van der Waals surface area contributed by atoms with Crippen LogP contribution in [0.3, 0.4) is 0 Å². The molecule has 0 aliphatic heterocycles. The molecule has 0 aromatic carbocycles. The lowest BCUT2D eigenvalue weighted by Gasteiger charge is -2.24. The second-order valence-corrected chi connectivity index (χ2v) is 20.0. The number of hydrogen-bond acceptors (Lipinski definition) is 6. The zero-order chi connectivity index (χ0) is 42.7. The van der Waals surface area contributed by atoms with Gasteiger partial charge in [0.05, 0.1) is 34.4 Å². The molecule has 0 aromatic rings. The number of phosphoric acid groups is 1. The summed E-state index contributed by atoms with van der Waals surface area (Å²) in [5.74, 6) is -0.305. The van der Waals surface area contributed by atoms with Crippen LogP contribution in [-0.2, 0) is 27.9 Å². The fourth-order valence-electron chi connectivity index (χ4n) is 7.50. The predicted octanol–water partition coefficient (Wildman–Crippen LogP) is 15.2. The van der Waals surface area contributed by atoms with Crippen LogP contribution in [0.1, 0.15) is 251 Å². The number of hydrogen-bond donors (Lipinski definition) is 1. The van der Waals surface area contributed by atoms with Crippen LogP contribution in [-0.4, -0.2) is 75.6 Å². The van der Waals surface area contributed by atoms with Crippen LogP contribution < -0.4 is 0 Å². The number of quaternary nitrogens is 1. The van der Waals surface area contributed by atoms with Crippen molar-refractivity contribution in [3.63, 3.8) is 0 Å². The van der Waals surface area contributed by atoms with E-state index >= 15 is 0 Å². The minimum atomic E-state index is -4.27. The molecule has 1 N–H and O–H groups in total. The molecule has 0 aliphatic carbocycles. The molecule has 0 heterocycles. The topological polar surface area (TPSA) is 91.3 Å². The average Bonchev–Trinajstić information content (AvgIpc) is 3.18. The van der Waals surface area contributed by atoms with Crippen molar-refractivity contribution >= 4 is 13.8 Å². The Labute approximate surface area is 361 Å². The number of carbonyl (C=O) groups is 1. The fourth-order valence-corrected chi connectivity index (χ4v) is 8.24. The van der Waals surface area contributed by atoms with Gasteiger partial charge in [-0.3, -0.25) is 13.8 Å². The molecule has 0 aromatic heterocycles. The van der Waals surface area contributed by atoms with Gasteiger partial charge in [0.15, 0.2) is 0 Å². The van der Waals surface area contributed by atoms with Gasteiger partial charge in [0.2, 0.25) is 0 Å². The van der Waals surface area contributed by atoms with E-state index in [2.05, 4.69) is 13.8 Å². The number of esters is 1. The normalized spacial score (nSPS) is 13.6. The van der Waals surface area contributed by atoms with Gasteiger partial charge >= 0.3 is 13.8 Å². The van der Waals surface area contributed by atoms with Crippen LogP contribution >= 0.6 is 7.82 Å². The zero-order valence-corrected chi connectivity index (χ0v) is 40.5. The third-order valence-corrected chi connectivity index (χ3v) is 12.4. The molecule has 0 saturated heterocycles. The van der Waals surface area contributed by atoms with Crippen molar-refractivity contribution in [1.82, 2.24) is 0 Å². The highest BCUT2D eigenvalue weighted by molar-refractivity contribution is 7.47. The monoisotopic (exact) mass is 847 g/mol. The first-order valence-corrected chi connectivity index (χ1v) is 26.8. The van der Waals surface area contributed by atoms with Gasteiger partial charge in [-0.1, -0.05) is 232 Å². The summed E-state index contributed by atoms with van der Waals surface area (Å²) < 4.78 is 35.1. The molecular formula is C49H101NO7P+. The molecule has 0 spiro atoms. The highest BCUT2D eigenvalue weighted by atomic mass is 31.2. The number of rotatable bonds is 48. The molecule has 0 rings (SSSR count). The Morgan fingerprint density at radius 2 is 0.793 bits per heavy atom. The van der Waals surface area contributed by atoms with Crippen LogP contribution in [0.4, 0.5) is 0 Å². The van der Waals surface area contributed by atoms with E-state index in [1.807, 2.05) is 21.1 Å². The lowest BCUT2D eigenvalue weighted by atomic mass is 10.0. The van der Waals surface area contributed by atoms with Crippen molar-refractivity contribution in [2.45, 2.75) is 258 Å². The molecule has 9 heteroatoms. The molecule has 8 nitrogen and oxygen atoms in total. The van der Waals surface area contributed by atoms with Crippen molar-refractivity contribution in [1.29, 1.82) is 0 Å². The van der Waals surface area contributed by atoms with Gasteiger partial charge in [0.1, 0.15) is 19.3 Å². The Bertz CT molecular complexity index is 899. The van der Waals surface area contributed by atoms with Crippen LogP contribution in [0.5, 0.6) is 0 Å². The van der Waals surface area contributed by atoms with Crippen LogP contribution in [0, 0.1) is 0 Å². The number of ether oxygens (including phenoxy) is 2. The van der Waals surface area contributed by atoms with Gasteiger partial charge in [0, 0.05) is 13.0 Å². The molecule has 348 valence electrons. The molecule has 2 unspecified atom stereocenters. The van der Waals surface area contributed by atoms with Gasteiger partial charge in [-0.2, -0.15) is 0 Å². The summed E-state index contributed by atoms with van der Waals surface area (Å²) in [5, 5.41) is 0. The minimum Gasteiger partial charge on any atom is -0.457 e. The SMILES string of the molecule is CCCCCCCCCCCCCCCCCCCCCCCCCCC(=O)OC(COCCCCCCCCCCCCCC)COP(=O)(O)OCC[N+](C)(C)C. The van der Waals surface area contributed by atoms with Crippen molar-refractivity contribution in [3.05, 3.63) is 0 Å². The second-order valence-electron chi connectivity index (χ2n) is 18.6. The molecule has 2 atom stereocenters. The second kappa shape index (κ2) is 43.2. The van der Waals surface area contributed by atoms with Gasteiger partial charge in [0.25, 0.3) is 0 Å². The largest absolute Gasteiger partial charge is 0.472 e. The van der Waals surface area contributed by atoms with Gasteiger partial charge in [-0.25, -0.2) is 4.57 Å². The standard InChI is InChI=1S/C49H100NO7P/c1-6-8-10-12-14-16-18-20-21-22-23-24-25-26-27-28-29-30-31-32-34-36-38-40-42-49(51)57-48(47-56-58(52,53)55-45-43-50(3,4)5)46-54-44-41-39-37-35-33-19-17-15-13-11-9-7-2/h48H,6-47H2,1-5H3/p+1. The summed E-state index contributed by atoms with van der Waals surface area (Å²) in [5.41, 5.74) is 0. The van der Waals surface area contributed by atoms with Crippen LogP contribution in [0.15, 0.2) is 0 Å². The first-order chi connectivity index (χ1) is 28.1. The molecule has 0 amide bonds. The van der Waals surface area contributed by atoms with E-state index in [0.29, 0.717) is 24.1 Å². The Morgan fingerprint density at radius 1 is 0.466 bits per heavy atom. The molecule has 0 fully saturated rings.